The molecule has 1 aliphatic rings. The molecule has 3 aromatic rings. The topological polar surface area (TPSA) is 69.7 Å². The van der Waals surface area contributed by atoms with Gasteiger partial charge in [-0.05, 0) is 48.4 Å². The molecule has 33 heavy (non-hydrogen) atoms. The Balaban J connectivity index is 1.25. The van der Waals surface area contributed by atoms with Crippen LogP contribution in [0.1, 0.15) is 18.4 Å². The standard InChI is InChI=1S/C26H31N3O3S/c1-28(20-21-7-3-2-4-8-21)18-15-27-26(30)23-13-16-29(17-14-23)33(31,32)25-12-11-22-9-5-6-10-24(22)19-25/h2-12,19,23H,13-18,20H2,1H3,(H,27,30). The summed E-state index contributed by atoms with van der Waals surface area (Å²) in [7, 11) is -1.53. The zero-order chi connectivity index (χ0) is 23.3. The number of benzene rings is 3. The van der Waals surface area contributed by atoms with Gasteiger partial charge in [-0.1, -0.05) is 60.7 Å². The number of hydrogen-bond acceptors (Lipinski definition) is 4. The first-order valence-corrected chi connectivity index (χ1v) is 12.9. The molecule has 174 valence electrons. The number of fused-ring (bicyclic) bond motifs is 1. The lowest BCUT2D eigenvalue weighted by Gasteiger charge is -2.30. The summed E-state index contributed by atoms with van der Waals surface area (Å²) >= 11 is 0. The van der Waals surface area contributed by atoms with Crippen molar-refractivity contribution in [1.82, 2.24) is 14.5 Å². The molecule has 4 rings (SSSR count). The summed E-state index contributed by atoms with van der Waals surface area (Å²) in [6.07, 6.45) is 1.08. The lowest BCUT2D eigenvalue weighted by atomic mass is 9.97. The van der Waals surface area contributed by atoms with Crippen LogP contribution in [-0.2, 0) is 21.4 Å². The number of nitrogens with zero attached hydrogens (tertiary/aromatic N) is 2. The number of rotatable bonds is 8. The van der Waals surface area contributed by atoms with Gasteiger partial charge in [-0.25, -0.2) is 8.42 Å². The second-order valence-electron chi connectivity index (χ2n) is 8.70. The fraction of sp³-hybridized carbons (Fsp3) is 0.346. The highest BCUT2D eigenvalue weighted by Crippen LogP contribution is 2.26. The van der Waals surface area contributed by atoms with E-state index in [1.807, 2.05) is 55.6 Å². The fourth-order valence-electron chi connectivity index (χ4n) is 4.32. The van der Waals surface area contributed by atoms with Crippen molar-refractivity contribution < 1.29 is 13.2 Å². The number of carbonyl (C=O) groups excluding carboxylic acids is 1. The van der Waals surface area contributed by atoms with Crippen molar-refractivity contribution in [2.75, 3.05) is 33.2 Å². The van der Waals surface area contributed by atoms with Gasteiger partial charge in [0, 0.05) is 38.6 Å². The molecule has 7 heteroatoms. The Hall–Kier alpha value is -2.74. The van der Waals surface area contributed by atoms with Crippen LogP contribution in [0.15, 0.2) is 77.7 Å². The molecule has 0 bridgehead atoms. The molecular weight excluding hydrogens is 434 g/mol. The fourth-order valence-corrected chi connectivity index (χ4v) is 5.83. The number of hydrogen-bond donors (Lipinski definition) is 1. The van der Waals surface area contributed by atoms with Gasteiger partial charge in [0.1, 0.15) is 0 Å². The molecule has 3 aromatic carbocycles. The zero-order valence-corrected chi connectivity index (χ0v) is 19.8. The van der Waals surface area contributed by atoms with Crippen LogP contribution in [0, 0.1) is 5.92 Å². The maximum Gasteiger partial charge on any atom is 0.243 e. The Morgan fingerprint density at radius 2 is 1.64 bits per heavy atom. The van der Waals surface area contributed by atoms with Crippen LogP contribution >= 0.6 is 0 Å². The van der Waals surface area contributed by atoms with Gasteiger partial charge < -0.3 is 10.2 Å². The van der Waals surface area contributed by atoms with E-state index in [0.29, 0.717) is 37.4 Å². The van der Waals surface area contributed by atoms with Gasteiger partial charge in [-0.2, -0.15) is 4.31 Å². The van der Waals surface area contributed by atoms with Crippen molar-refractivity contribution >= 4 is 26.7 Å². The van der Waals surface area contributed by atoms with Gasteiger partial charge in [0.05, 0.1) is 4.90 Å². The van der Waals surface area contributed by atoms with Crippen LogP contribution in [0.5, 0.6) is 0 Å². The minimum absolute atomic E-state index is 0.0193. The molecule has 0 aromatic heterocycles. The van der Waals surface area contributed by atoms with E-state index < -0.39 is 10.0 Å². The van der Waals surface area contributed by atoms with Crippen LogP contribution in [0.4, 0.5) is 0 Å². The SMILES string of the molecule is CN(CCNC(=O)C1CCN(S(=O)(=O)c2ccc3ccccc3c2)CC1)Cc1ccccc1. The predicted octanol–water partition coefficient (Wildman–Crippen LogP) is 3.49. The number of carbonyl (C=O) groups is 1. The summed E-state index contributed by atoms with van der Waals surface area (Å²) in [6.45, 7) is 2.90. The Morgan fingerprint density at radius 1 is 0.970 bits per heavy atom. The van der Waals surface area contributed by atoms with E-state index in [2.05, 4.69) is 22.3 Å². The molecule has 1 saturated heterocycles. The van der Waals surface area contributed by atoms with E-state index >= 15 is 0 Å². The third-order valence-corrected chi connectivity index (χ3v) is 8.17. The van der Waals surface area contributed by atoms with Gasteiger partial charge in [0.25, 0.3) is 0 Å². The number of nitrogens with one attached hydrogen (secondary N) is 1. The van der Waals surface area contributed by atoms with Gasteiger partial charge in [0.2, 0.25) is 15.9 Å². The van der Waals surface area contributed by atoms with E-state index in [1.165, 1.54) is 9.87 Å². The van der Waals surface area contributed by atoms with Crippen LogP contribution in [0.25, 0.3) is 10.8 Å². The minimum atomic E-state index is -3.57. The smallest absolute Gasteiger partial charge is 0.243 e. The molecule has 1 fully saturated rings. The summed E-state index contributed by atoms with van der Waals surface area (Å²) in [6, 6.07) is 23.2. The molecule has 0 unspecified atom stereocenters. The second-order valence-corrected chi connectivity index (χ2v) is 10.6. The zero-order valence-electron chi connectivity index (χ0n) is 19.0. The highest BCUT2D eigenvalue weighted by molar-refractivity contribution is 7.89. The first kappa shape index (κ1) is 23.4. The number of piperidine rings is 1. The van der Waals surface area contributed by atoms with E-state index in [-0.39, 0.29) is 11.8 Å². The monoisotopic (exact) mass is 465 g/mol. The molecule has 0 spiro atoms. The summed E-state index contributed by atoms with van der Waals surface area (Å²) in [5, 5.41) is 4.95. The van der Waals surface area contributed by atoms with Crippen molar-refractivity contribution in [3.8, 4) is 0 Å². The van der Waals surface area contributed by atoms with E-state index in [1.54, 1.807) is 12.1 Å². The third-order valence-electron chi connectivity index (χ3n) is 6.27. The Labute approximate surface area is 196 Å². The minimum Gasteiger partial charge on any atom is -0.355 e. The van der Waals surface area contributed by atoms with Crippen LogP contribution in [0.2, 0.25) is 0 Å². The average Bonchev–Trinajstić information content (AvgIpc) is 2.84. The molecule has 0 aliphatic carbocycles. The molecule has 1 amide bonds. The summed E-state index contributed by atoms with van der Waals surface area (Å²) < 4.78 is 27.8. The largest absolute Gasteiger partial charge is 0.355 e. The number of sulfonamides is 1. The Morgan fingerprint density at radius 3 is 2.36 bits per heavy atom. The number of likely N-dealkylation sites (N-methyl/N-ethyl adjacent to an activating group) is 1. The molecule has 0 atom stereocenters. The molecule has 0 radical (unpaired) electrons. The lowest BCUT2D eigenvalue weighted by molar-refractivity contribution is -0.126. The average molecular weight is 466 g/mol. The van der Waals surface area contributed by atoms with Crippen LogP contribution < -0.4 is 5.32 Å². The molecule has 1 heterocycles. The van der Waals surface area contributed by atoms with Crippen molar-refractivity contribution in [2.45, 2.75) is 24.3 Å². The van der Waals surface area contributed by atoms with Gasteiger partial charge in [0.15, 0.2) is 0 Å². The normalized spacial score (nSPS) is 15.7. The summed E-state index contributed by atoms with van der Waals surface area (Å²) in [4.78, 5) is 15.1. The molecular formula is C26H31N3O3S. The molecule has 6 nitrogen and oxygen atoms in total. The highest BCUT2D eigenvalue weighted by Gasteiger charge is 2.32. The Kier molecular flexibility index (Phi) is 7.42. The third kappa shape index (κ3) is 5.79. The summed E-state index contributed by atoms with van der Waals surface area (Å²) in [5.41, 5.74) is 1.24. The van der Waals surface area contributed by atoms with Gasteiger partial charge >= 0.3 is 0 Å². The van der Waals surface area contributed by atoms with Gasteiger partial charge in [-0.3, -0.25) is 4.79 Å². The van der Waals surface area contributed by atoms with Crippen molar-refractivity contribution in [3.05, 3.63) is 78.4 Å². The quantitative estimate of drug-likeness (QED) is 0.553. The maximum absolute atomic E-state index is 13.1. The van der Waals surface area contributed by atoms with Crippen molar-refractivity contribution in [3.63, 3.8) is 0 Å². The Bertz CT molecular complexity index is 1190. The molecule has 0 saturated carbocycles. The van der Waals surface area contributed by atoms with Crippen LogP contribution in [-0.4, -0.2) is 56.8 Å². The summed E-state index contributed by atoms with van der Waals surface area (Å²) in [5.74, 6) is -0.127. The molecule has 1 N–H and O–H groups in total. The lowest BCUT2D eigenvalue weighted by Crippen LogP contribution is -2.44. The maximum atomic E-state index is 13.1. The van der Waals surface area contributed by atoms with Crippen LogP contribution in [0.3, 0.4) is 0 Å². The van der Waals surface area contributed by atoms with E-state index in [9.17, 15) is 13.2 Å². The van der Waals surface area contributed by atoms with E-state index in [0.717, 1.165) is 23.9 Å². The first-order valence-electron chi connectivity index (χ1n) is 11.4. The highest BCUT2D eigenvalue weighted by atomic mass is 32.2. The van der Waals surface area contributed by atoms with Crippen molar-refractivity contribution in [1.29, 1.82) is 0 Å². The van der Waals surface area contributed by atoms with Crippen molar-refractivity contribution in [2.24, 2.45) is 5.92 Å². The predicted molar refractivity (Wildman–Crippen MR) is 131 cm³/mol. The number of amides is 1. The van der Waals surface area contributed by atoms with E-state index in [4.69, 9.17) is 0 Å². The van der Waals surface area contributed by atoms with Gasteiger partial charge in [-0.15, -0.1) is 0 Å². The first-order chi connectivity index (χ1) is 15.9. The molecule has 1 aliphatic heterocycles. The second kappa shape index (κ2) is 10.5.